The van der Waals surface area contributed by atoms with E-state index in [9.17, 15) is 4.79 Å². The molecule has 0 spiro atoms. The average Bonchev–Trinajstić information content (AvgIpc) is 2.99. The largest absolute Gasteiger partial charge is 0.338 e. The van der Waals surface area contributed by atoms with Crippen LogP contribution >= 0.6 is 24.2 Å². The molecule has 0 radical (unpaired) electrons. The van der Waals surface area contributed by atoms with E-state index in [1.165, 1.54) is 16.0 Å². The quantitative estimate of drug-likeness (QED) is 0.804. The van der Waals surface area contributed by atoms with Crippen molar-refractivity contribution in [3.63, 3.8) is 0 Å². The number of aryl methyl sites for hydroxylation is 2. The lowest BCUT2D eigenvalue weighted by Gasteiger charge is -2.28. The number of carbonyl (C=O) groups excluding carboxylic acids is 1. The highest BCUT2D eigenvalue weighted by Crippen LogP contribution is 2.24. The molecule has 0 bridgehead atoms. The molecule has 5 heteroatoms. The molecule has 124 valence electrons. The van der Waals surface area contributed by atoms with E-state index in [2.05, 4.69) is 49.2 Å². The van der Waals surface area contributed by atoms with Crippen LogP contribution in [-0.4, -0.2) is 42.2 Å². The second-order valence-corrected chi connectivity index (χ2v) is 6.81. The van der Waals surface area contributed by atoms with Gasteiger partial charge in [0.1, 0.15) is 0 Å². The monoisotopic (exact) mass is 342 g/mol. The molecule has 3 nitrogen and oxygen atoms in total. The molecule has 1 unspecified atom stereocenters. The predicted octanol–water partition coefficient (Wildman–Crippen LogP) is 3.42. The van der Waals surface area contributed by atoms with Gasteiger partial charge in [-0.2, -0.15) is 0 Å². The minimum Gasteiger partial charge on any atom is -0.338 e. The van der Waals surface area contributed by atoms with E-state index in [-0.39, 0.29) is 18.3 Å². The number of hydrogen-bond acceptors (Lipinski definition) is 3. The first-order valence-electron chi connectivity index (χ1n) is 7.82. The van der Waals surface area contributed by atoms with Gasteiger partial charge >= 0.3 is 0 Å². The van der Waals surface area contributed by atoms with Gasteiger partial charge in [-0.25, -0.2) is 0 Å². The number of halogens is 1. The molecule has 1 saturated heterocycles. The molecule has 22 heavy (non-hydrogen) atoms. The summed E-state index contributed by atoms with van der Waals surface area (Å²) in [6, 6.07) is 6.81. The van der Waals surface area contributed by atoms with E-state index < -0.39 is 0 Å². The molecular weight excluding hydrogens is 316 g/mol. The van der Waals surface area contributed by atoms with Gasteiger partial charge in [-0.3, -0.25) is 4.79 Å². The van der Waals surface area contributed by atoms with Crippen LogP contribution in [0.4, 0.5) is 0 Å². The molecule has 1 aromatic carbocycles. The van der Waals surface area contributed by atoms with Gasteiger partial charge in [0, 0.05) is 24.0 Å². The molecule has 0 aliphatic carbocycles. The lowest BCUT2D eigenvalue weighted by Crippen LogP contribution is -2.43. The van der Waals surface area contributed by atoms with Crippen molar-refractivity contribution in [2.45, 2.75) is 44.6 Å². The Hall–Kier alpha value is -0.710. The van der Waals surface area contributed by atoms with Crippen molar-refractivity contribution in [3.8, 4) is 0 Å². The summed E-state index contributed by atoms with van der Waals surface area (Å²) in [6.45, 7) is 9.19. The fraction of sp³-hybridized carbons (Fsp3) is 0.588. The van der Waals surface area contributed by atoms with Crippen LogP contribution in [0, 0.1) is 13.8 Å². The average molecular weight is 343 g/mol. The van der Waals surface area contributed by atoms with Crippen molar-refractivity contribution >= 4 is 30.1 Å². The van der Waals surface area contributed by atoms with E-state index in [1.54, 1.807) is 11.8 Å². The van der Waals surface area contributed by atoms with Crippen LogP contribution in [-0.2, 0) is 4.79 Å². The zero-order valence-corrected chi connectivity index (χ0v) is 15.4. The molecule has 0 saturated carbocycles. The Kier molecular flexibility index (Phi) is 8.29. The maximum absolute atomic E-state index is 12.6. The molecule has 2 rings (SSSR count). The lowest BCUT2D eigenvalue weighted by molar-refractivity contribution is -0.130. The molecule has 1 N–H and O–H groups in total. The molecule has 1 aliphatic rings. The van der Waals surface area contributed by atoms with Crippen molar-refractivity contribution in [2.24, 2.45) is 0 Å². The predicted molar refractivity (Wildman–Crippen MR) is 97.2 cm³/mol. The third-order valence-electron chi connectivity index (χ3n) is 3.95. The third-order valence-corrected chi connectivity index (χ3v) is 5.10. The summed E-state index contributed by atoms with van der Waals surface area (Å²) < 4.78 is 0. The van der Waals surface area contributed by atoms with E-state index in [0.717, 1.165) is 32.5 Å². The Labute approximate surface area is 144 Å². The minimum atomic E-state index is 0. The first-order chi connectivity index (χ1) is 10.1. The zero-order chi connectivity index (χ0) is 15.2. The van der Waals surface area contributed by atoms with Gasteiger partial charge in [0.25, 0.3) is 0 Å². The summed E-state index contributed by atoms with van der Waals surface area (Å²) >= 11 is 1.67. The summed E-state index contributed by atoms with van der Waals surface area (Å²) in [5, 5.41) is 3.36. The SMILES string of the molecule is CCCN(C(=O)CSc1cc(C)ccc1C)C1CCNC1.Cl. The number of thioether (sulfide) groups is 1. The maximum Gasteiger partial charge on any atom is 0.233 e. The van der Waals surface area contributed by atoms with Gasteiger partial charge in [0.2, 0.25) is 5.91 Å². The molecule has 1 fully saturated rings. The molecule has 0 aromatic heterocycles. The fourth-order valence-corrected chi connectivity index (χ4v) is 3.75. The number of carbonyl (C=O) groups is 1. The fourth-order valence-electron chi connectivity index (χ4n) is 2.74. The summed E-state index contributed by atoms with van der Waals surface area (Å²) in [5.74, 6) is 0.817. The number of rotatable bonds is 6. The Balaban J connectivity index is 0.00000242. The van der Waals surface area contributed by atoms with Gasteiger partial charge in [0.15, 0.2) is 0 Å². The van der Waals surface area contributed by atoms with Crippen LogP contribution < -0.4 is 5.32 Å². The molecule has 1 heterocycles. The number of amides is 1. The van der Waals surface area contributed by atoms with Crippen molar-refractivity contribution < 1.29 is 4.79 Å². The van der Waals surface area contributed by atoms with E-state index >= 15 is 0 Å². The third kappa shape index (κ3) is 5.18. The maximum atomic E-state index is 12.6. The number of benzene rings is 1. The highest BCUT2D eigenvalue weighted by Gasteiger charge is 2.25. The summed E-state index contributed by atoms with van der Waals surface area (Å²) in [5.41, 5.74) is 2.50. The highest BCUT2D eigenvalue weighted by molar-refractivity contribution is 8.00. The Morgan fingerprint density at radius 2 is 2.18 bits per heavy atom. The molecule has 1 amide bonds. The number of hydrogen-bond donors (Lipinski definition) is 1. The van der Waals surface area contributed by atoms with Crippen molar-refractivity contribution in [1.82, 2.24) is 10.2 Å². The minimum absolute atomic E-state index is 0. The topological polar surface area (TPSA) is 32.3 Å². The van der Waals surface area contributed by atoms with Crippen molar-refractivity contribution in [3.05, 3.63) is 29.3 Å². The number of nitrogens with one attached hydrogen (secondary N) is 1. The van der Waals surface area contributed by atoms with Gasteiger partial charge in [-0.05, 0) is 44.9 Å². The second kappa shape index (κ2) is 9.43. The Morgan fingerprint density at radius 1 is 1.41 bits per heavy atom. The number of nitrogens with zero attached hydrogens (tertiary/aromatic N) is 1. The Morgan fingerprint density at radius 3 is 2.82 bits per heavy atom. The highest BCUT2D eigenvalue weighted by atomic mass is 35.5. The lowest BCUT2D eigenvalue weighted by atomic mass is 10.2. The second-order valence-electron chi connectivity index (χ2n) is 5.79. The molecule has 1 atom stereocenters. The van der Waals surface area contributed by atoms with Crippen LogP contribution in [0.25, 0.3) is 0 Å². The van der Waals surface area contributed by atoms with E-state index in [4.69, 9.17) is 0 Å². The zero-order valence-electron chi connectivity index (χ0n) is 13.7. The van der Waals surface area contributed by atoms with Crippen LogP contribution in [0.15, 0.2) is 23.1 Å². The smallest absolute Gasteiger partial charge is 0.233 e. The first-order valence-corrected chi connectivity index (χ1v) is 8.80. The summed E-state index contributed by atoms with van der Waals surface area (Å²) in [6.07, 6.45) is 2.11. The van der Waals surface area contributed by atoms with Gasteiger partial charge in [-0.15, -0.1) is 24.2 Å². The molecule has 1 aliphatic heterocycles. The molecular formula is C17H27ClN2OS. The van der Waals surface area contributed by atoms with E-state index in [1.807, 2.05) is 0 Å². The summed E-state index contributed by atoms with van der Waals surface area (Å²) in [4.78, 5) is 15.9. The van der Waals surface area contributed by atoms with Crippen LogP contribution in [0.2, 0.25) is 0 Å². The first kappa shape index (κ1) is 19.3. The van der Waals surface area contributed by atoms with Gasteiger partial charge < -0.3 is 10.2 Å². The van der Waals surface area contributed by atoms with Gasteiger partial charge in [-0.1, -0.05) is 24.6 Å². The standard InChI is InChI=1S/C17H26N2OS.ClH/c1-4-9-19(15-7-8-18-11-15)17(20)12-21-16-10-13(2)5-6-14(16)3;/h5-6,10,15,18H,4,7-9,11-12H2,1-3H3;1H. The van der Waals surface area contributed by atoms with Crippen LogP contribution in [0.3, 0.4) is 0 Å². The van der Waals surface area contributed by atoms with Crippen LogP contribution in [0.1, 0.15) is 30.9 Å². The summed E-state index contributed by atoms with van der Waals surface area (Å²) in [7, 11) is 0. The van der Waals surface area contributed by atoms with Crippen LogP contribution in [0.5, 0.6) is 0 Å². The Bertz CT molecular complexity index is 490. The van der Waals surface area contributed by atoms with E-state index in [0.29, 0.717) is 11.8 Å². The normalized spacial score (nSPS) is 17.1. The van der Waals surface area contributed by atoms with Crippen molar-refractivity contribution in [2.75, 3.05) is 25.4 Å². The molecule has 1 aromatic rings. The van der Waals surface area contributed by atoms with Gasteiger partial charge in [0.05, 0.1) is 5.75 Å². The van der Waals surface area contributed by atoms with Crippen molar-refractivity contribution in [1.29, 1.82) is 0 Å².